The normalized spacial score (nSPS) is 18.7. The minimum absolute atomic E-state index is 0.152. The van der Waals surface area contributed by atoms with E-state index in [0.29, 0.717) is 13.0 Å². The van der Waals surface area contributed by atoms with E-state index in [4.69, 9.17) is 10.5 Å². The Bertz CT molecular complexity index is 525. The fourth-order valence-electron chi connectivity index (χ4n) is 2.23. The van der Waals surface area contributed by atoms with Crippen LogP contribution in [-0.4, -0.2) is 27.0 Å². The van der Waals surface area contributed by atoms with Crippen LogP contribution < -0.4 is 10.5 Å². The quantitative estimate of drug-likeness (QED) is 0.821. The number of benzene rings is 1. The molecule has 0 saturated heterocycles. The zero-order valence-electron chi connectivity index (χ0n) is 10.6. The van der Waals surface area contributed by atoms with Crippen LogP contribution in [0.3, 0.4) is 0 Å². The van der Waals surface area contributed by atoms with Crippen molar-refractivity contribution in [3.63, 3.8) is 0 Å². The van der Waals surface area contributed by atoms with E-state index < -0.39 is 9.84 Å². The predicted molar refractivity (Wildman–Crippen MR) is 71.5 cm³/mol. The molecule has 0 radical (unpaired) electrons. The van der Waals surface area contributed by atoms with E-state index in [2.05, 4.69) is 0 Å². The topological polar surface area (TPSA) is 69.4 Å². The van der Waals surface area contributed by atoms with Gasteiger partial charge in [-0.25, -0.2) is 8.42 Å². The fraction of sp³-hybridized carbons (Fsp3) is 0.538. The first kappa shape index (κ1) is 13.4. The molecule has 2 rings (SSSR count). The van der Waals surface area contributed by atoms with Crippen molar-refractivity contribution in [3.05, 3.63) is 29.3 Å². The summed E-state index contributed by atoms with van der Waals surface area (Å²) in [7, 11) is -2.89. The average molecular weight is 269 g/mol. The third-order valence-corrected chi connectivity index (χ3v) is 4.20. The smallest absolute Gasteiger partial charge is 0.147 e. The molecule has 0 spiro atoms. The molecule has 0 aromatic heterocycles. The Labute approximate surface area is 108 Å². The predicted octanol–water partition coefficient (Wildman–Crippen LogP) is 1.45. The Kier molecular flexibility index (Phi) is 3.92. The summed E-state index contributed by atoms with van der Waals surface area (Å²) >= 11 is 0. The van der Waals surface area contributed by atoms with Crippen molar-refractivity contribution in [2.45, 2.75) is 25.3 Å². The molecule has 18 heavy (non-hydrogen) atoms. The fourth-order valence-corrected chi connectivity index (χ4v) is 2.87. The van der Waals surface area contributed by atoms with Crippen molar-refractivity contribution >= 4 is 9.84 Å². The van der Waals surface area contributed by atoms with E-state index >= 15 is 0 Å². The van der Waals surface area contributed by atoms with Gasteiger partial charge in [-0.3, -0.25) is 0 Å². The summed E-state index contributed by atoms with van der Waals surface area (Å²) in [5.74, 6) is 0.972. The maximum Gasteiger partial charge on any atom is 0.147 e. The molecule has 5 heteroatoms. The molecule has 0 amide bonds. The summed E-state index contributed by atoms with van der Waals surface area (Å²) in [6.45, 7) is 0.428. The minimum atomic E-state index is -2.89. The first-order valence-electron chi connectivity index (χ1n) is 6.14. The van der Waals surface area contributed by atoms with E-state index in [1.807, 2.05) is 18.2 Å². The number of ether oxygens (including phenoxy) is 1. The molecule has 1 aliphatic carbocycles. The summed E-state index contributed by atoms with van der Waals surface area (Å²) in [6, 6.07) is 6.09. The second kappa shape index (κ2) is 5.28. The molecule has 1 aromatic rings. The largest absolute Gasteiger partial charge is 0.494 e. The van der Waals surface area contributed by atoms with Gasteiger partial charge in [0.15, 0.2) is 0 Å². The SMILES string of the molecule is CS(=O)(=O)CCCOc1ccc2c(c1)CCC2N. The second-order valence-corrected chi connectivity index (χ2v) is 7.10. The van der Waals surface area contributed by atoms with E-state index in [1.54, 1.807) is 0 Å². The van der Waals surface area contributed by atoms with Gasteiger partial charge in [0.2, 0.25) is 0 Å². The molecule has 0 heterocycles. The van der Waals surface area contributed by atoms with Gasteiger partial charge in [-0.1, -0.05) is 6.07 Å². The lowest BCUT2D eigenvalue weighted by Crippen LogP contribution is -2.08. The number of aryl methyl sites for hydroxylation is 1. The molecule has 0 fully saturated rings. The van der Waals surface area contributed by atoms with Gasteiger partial charge in [0.05, 0.1) is 12.4 Å². The molecule has 100 valence electrons. The number of hydrogen-bond acceptors (Lipinski definition) is 4. The van der Waals surface area contributed by atoms with Gasteiger partial charge in [-0.05, 0) is 42.5 Å². The van der Waals surface area contributed by atoms with E-state index in [0.717, 1.165) is 18.6 Å². The lowest BCUT2D eigenvalue weighted by molar-refractivity contribution is 0.317. The highest BCUT2D eigenvalue weighted by molar-refractivity contribution is 7.90. The Morgan fingerprint density at radius 3 is 2.94 bits per heavy atom. The van der Waals surface area contributed by atoms with Gasteiger partial charge in [-0.15, -0.1) is 0 Å². The lowest BCUT2D eigenvalue weighted by atomic mass is 10.1. The molecule has 0 aliphatic heterocycles. The van der Waals surface area contributed by atoms with Crippen LogP contribution in [0.15, 0.2) is 18.2 Å². The number of hydrogen-bond donors (Lipinski definition) is 1. The third kappa shape index (κ3) is 3.46. The summed E-state index contributed by atoms with van der Waals surface area (Å²) in [4.78, 5) is 0. The van der Waals surface area contributed by atoms with Crippen LogP contribution >= 0.6 is 0 Å². The van der Waals surface area contributed by atoms with E-state index in [1.165, 1.54) is 17.4 Å². The Morgan fingerprint density at radius 1 is 1.44 bits per heavy atom. The van der Waals surface area contributed by atoms with Crippen LogP contribution in [0.4, 0.5) is 0 Å². The molecule has 1 aliphatic rings. The highest BCUT2D eigenvalue weighted by atomic mass is 32.2. The summed E-state index contributed by atoms with van der Waals surface area (Å²) < 4.78 is 27.5. The van der Waals surface area contributed by atoms with Crippen molar-refractivity contribution in [1.82, 2.24) is 0 Å². The first-order chi connectivity index (χ1) is 8.46. The van der Waals surface area contributed by atoms with E-state index in [9.17, 15) is 8.42 Å². The molecule has 0 saturated carbocycles. The maximum absolute atomic E-state index is 11.0. The van der Waals surface area contributed by atoms with Gasteiger partial charge >= 0.3 is 0 Å². The summed E-state index contributed by atoms with van der Waals surface area (Å²) in [5.41, 5.74) is 8.42. The van der Waals surface area contributed by atoms with E-state index in [-0.39, 0.29) is 11.8 Å². The molecule has 0 bridgehead atoms. The Hall–Kier alpha value is -1.07. The summed E-state index contributed by atoms with van der Waals surface area (Å²) in [6.07, 6.45) is 3.75. The van der Waals surface area contributed by atoms with Gasteiger partial charge in [0, 0.05) is 12.3 Å². The first-order valence-corrected chi connectivity index (χ1v) is 8.21. The Balaban J connectivity index is 1.88. The zero-order valence-corrected chi connectivity index (χ0v) is 11.4. The monoisotopic (exact) mass is 269 g/mol. The number of fused-ring (bicyclic) bond motifs is 1. The standard InChI is InChI=1S/C13H19NO3S/c1-18(15,16)8-2-7-17-11-4-5-12-10(9-11)3-6-13(12)14/h4-5,9,13H,2-3,6-8,14H2,1H3. The van der Waals surface area contributed by atoms with Gasteiger partial charge in [-0.2, -0.15) is 0 Å². The molecule has 1 aromatic carbocycles. The number of sulfone groups is 1. The molecule has 4 nitrogen and oxygen atoms in total. The zero-order chi connectivity index (χ0) is 13.2. The third-order valence-electron chi connectivity index (χ3n) is 3.17. The highest BCUT2D eigenvalue weighted by Gasteiger charge is 2.18. The number of nitrogens with two attached hydrogens (primary N) is 1. The van der Waals surface area contributed by atoms with Crippen molar-refractivity contribution < 1.29 is 13.2 Å². The molecular formula is C13H19NO3S. The Morgan fingerprint density at radius 2 is 2.22 bits per heavy atom. The highest BCUT2D eigenvalue weighted by Crippen LogP contribution is 2.31. The summed E-state index contributed by atoms with van der Waals surface area (Å²) in [5, 5.41) is 0. The van der Waals surface area contributed by atoms with Crippen LogP contribution in [0, 0.1) is 0 Å². The van der Waals surface area contributed by atoms with Crippen molar-refractivity contribution in [2.75, 3.05) is 18.6 Å². The van der Waals surface area contributed by atoms with Crippen LogP contribution in [0.5, 0.6) is 5.75 Å². The van der Waals surface area contributed by atoms with Crippen LogP contribution in [0.2, 0.25) is 0 Å². The minimum Gasteiger partial charge on any atom is -0.494 e. The van der Waals surface area contributed by atoms with Gasteiger partial charge in [0.25, 0.3) is 0 Å². The average Bonchev–Trinajstić information content (AvgIpc) is 2.65. The maximum atomic E-state index is 11.0. The number of rotatable bonds is 5. The second-order valence-electron chi connectivity index (χ2n) is 4.84. The molecule has 2 N–H and O–H groups in total. The molecule has 1 unspecified atom stereocenters. The molecular weight excluding hydrogens is 250 g/mol. The van der Waals surface area contributed by atoms with Crippen molar-refractivity contribution in [1.29, 1.82) is 0 Å². The lowest BCUT2D eigenvalue weighted by Gasteiger charge is -2.09. The molecule has 1 atom stereocenters. The van der Waals surface area contributed by atoms with Crippen LogP contribution in [-0.2, 0) is 16.3 Å². The van der Waals surface area contributed by atoms with Gasteiger partial charge < -0.3 is 10.5 Å². The van der Waals surface area contributed by atoms with Crippen LogP contribution in [0.1, 0.15) is 30.0 Å². The van der Waals surface area contributed by atoms with Crippen molar-refractivity contribution in [3.8, 4) is 5.75 Å². The van der Waals surface area contributed by atoms with Gasteiger partial charge in [0.1, 0.15) is 15.6 Å². The van der Waals surface area contributed by atoms with Crippen LogP contribution in [0.25, 0.3) is 0 Å². The van der Waals surface area contributed by atoms with Crippen molar-refractivity contribution in [2.24, 2.45) is 5.73 Å².